The molecule has 0 radical (unpaired) electrons. The Morgan fingerprint density at radius 2 is 2.18 bits per heavy atom. The van der Waals surface area contributed by atoms with E-state index in [2.05, 4.69) is 10.2 Å². The highest BCUT2D eigenvalue weighted by Crippen LogP contribution is 2.07. The summed E-state index contributed by atoms with van der Waals surface area (Å²) < 4.78 is 4.83. The lowest BCUT2D eigenvalue weighted by molar-refractivity contribution is 0.390. The maximum absolute atomic E-state index is 5.56. The second-order valence-electron chi connectivity index (χ2n) is 2.29. The fourth-order valence-corrected chi connectivity index (χ4v) is 0.682. The molecule has 1 atom stereocenters. The van der Waals surface area contributed by atoms with Crippen molar-refractivity contribution in [2.45, 2.75) is 13.0 Å². The molecule has 0 saturated carbocycles. The maximum Gasteiger partial charge on any atom is 0.233 e. The summed E-state index contributed by atoms with van der Waals surface area (Å²) in [5.74, 6) is 0.509. The molecule has 0 bridgehead atoms. The van der Waals surface area contributed by atoms with Crippen molar-refractivity contribution in [3.63, 3.8) is 0 Å². The lowest BCUT2D eigenvalue weighted by Gasteiger charge is -2.02. The highest BCUT2D eigenvalue weighted by molar-refractivity contribution is 5.12. The summed E-state index contributed by atoms with van der Waals surface area (Å²) in [4.78, 5) is 0. The number of nitrogens with two attached hydrogens (primary N) is 1. The van der Waals surface area contributed by atoms with E-state index in [1.54, 1.807) is 19.2 Å². The number of methoxy groups -OCH3 is 1. The molecular formula is C7H11N3O. The van der Waals surface area contributed by atoms with Crippen molar-refractivity contribution in [3.05, 3.63) is 17.8 Å². The predicted octanol–water partition coefficient (Wildman–Crippen LogP) is 0.505. The molecule has 0 aliphatic heterocycles. The van der Waals surface area contributed by atoms with Gasteiger partial charge >= 0.3 is 0 Å². The van der Waals surface area contributed by atoms with Gasteiger partial charge < -0.3 is 10.5 Å². The van der Waals surface area contributed by atoms with Crippen LogP contribution in [0.4, 0.5) is 0 Å². The largest absolute Gasteiger partial charge is 0.480 e. The average molecular weight is 153 g/mol. The number of hydrogen-bond acceptors (Lipinski definition) is 4. The van der Waals surface area contributed by atoms with Crippen molar-refractivity contribution in [2.24, 2.45) is 5.73 Å². The van der Waals surface area contributed by atoms with E-state index in [4.69, 9.17) is 10.5 Å². The number of hydrogen-bond donors (Lipinski definition) is 1. The Morgan fingerprint density at radius 1 is 1.45 bits per heavy atom. The molecule has 0 aliphatic rings. The van der Waals surface area contributed by atoms with Crippen molar-refractivity contribution in [1.29, 1.82) is 0 Å². The Balaban J connectivity index is 2.83. The van der Waals surface area contributed by atoms with Crippen LogP contribution in [-0.2, 0) is 0 Å². The van der Waals surface area contributed by atoms with Crippen LogP contribution in [0.3, 0.4) is 0 Å². The SMILES string of the molecule is COc1ccc([C@H](C)N)nn1. The third kappa shape index (κ3) is 1.88. The van der Waals surface area contributed by atoms with Gasteiger partial charge in [-0.2, -0.15) is 5.10 Å². The summed E-state index contributed by atoms with van der Waals surface area (Å²) in [5, 5.41) is 7.62. The molecule has 1 heterocycles. The van der Waals surface area contributed by atoms with E-state index in [1.165, 1.54) is 0 Å². The second kappa shape index (κ2) is 3.30. The van der Waals surface area contributed by atoms with Crippen LogP contribution >= 0.6 is 0 Å². The minimum Gasteiger partial charge on any atom is -0.480 e. The highest BCUT2D eigenvalue weighted by atomic mass is 16.5. The summed E-state index contributed by atoms with van der Waals surface area (Å²) in [6.45, 7) is 1.86. The highest BCUT2D eigenvalue weighted by Gasteiger charge is 2.00. The molecule has 0 amide bonds. The Bertz CT molecular complexity index is 220. The number of rotatable bonds is 2. The topological polar surface area (TPSA) is 61.0 Å². The van der Waals surface area contributed by atoms with Gasteiger partial charge in [0.15, 0.2) is 0 Å². The maximum atomic E-state index is 5.56. The zero-order valence-corrected chi connectivity index (χ0v) is 6.61. The number of nitrogens with zero attached hydrogens (tertiary/aromatic N) is 2. The first kappa shape index (κ1) is 7.94. The molecule has 4 nitrogen and oxygen atoms in total. The third-order valence-electron chi connectivity index (χ3n) is 1.34. The zero-order chi connectivity index (χ0) is 8.27. The molecule has 1 rings (SSSR count). The molecule has 0 fully saturated rings. The minimum absolute atomic E-state index is 0.0755. The standard InChI is InChI=1S/C7H11N3O/c1-5(8)6-3-4-7(11-2)10-9-6/h3-5H,8H2,1-2H3/t5-/m0/s1. The Hall–Kier alpha value is -1.16. The van der Waals surface area contributed by atoms with Gasteiger partial charge in [0.1, 0.15) is 0 Å². The van der Waals surface area contributed by atoms with Crippen LogP contribution in [0, 0.1) is 0 Å². The van der Waals surface area contributed by atoms with E-state index in [1.807, 2.05) is 6.92 Å². The quantitative estimate of drug-likeness (QED) is 0.672. The molecule has 0 aliphatic carbocycles. The summed E-state index contributed by atoms with van der Waals surface area (Å²) in [7, 11) is 1.55. The summed E-state index contributed by atoms with van der Waals surface area (Å²) in [6, 6.07) is 3.47. The van der Waals surface area contributed by atoms with Crippen LogP contribution in [0.25, 0.3) is 0 Å². The van der Waals surface area contributed by atoms with Crippen LogP contribution in [-0.4, -0.2) is 17.3 Å². The smallest absolute Gasteiger partial charge is 0.233 e. The van der Waals surface area contributed by atoms with E-state index >= 15 is 0 Å². The number of aromatic nitrogens is 2. The Kier molecular flexibility index (Phi) is 2.38. The minimum atomic E-state index is -0.0755. The second-order valence-corrected chi connectivity index (χ2v) is 2.29. The van der Waals surface area contributed by atoms with Crippen LogP contribution in [0.2, 0.25) is 0 Å². The van der Waals surface area contributed by atoms with Crippen molar-refractivity contribution in [2.75, 3.05) is 7.11 Å². The van der Waals surface area contributed by atoms with Crippen LogP contribution < -0.4 is 10.5 Å². The monoisotopic (exact) mass is 153 g/mol. The van der Waals surface area contributed by atoms with Gasteiger partial charge in [0.2, 0.25) is 5.88 Å². The first-order chi connectivity index (χ1) is 5.24. The van der Waals surface area contributed by atoms with Gasteiger partial charge in [0, 0.05) is 12.1 Å². The van der Waals surface area contributed by atoms with Gasteiger partial charge in [-0.25, -0.2) is 0 Å². The molecule has 0 aromatic carbocycles. The summed E-state index contributed by atoms with van der Waals surface area (Å²) in [6.07, 6.45) is 0. The van der Waals surface area contributed by atoms with E-state index in [0.717, 1.165) is 5.69 Å². The van der Waals surface area contributed by atoms with Crippen molar-refractivity contribution >= 4 is 0 Å². The van der Waals surface area contributed by atoms with Crippen molar-refractivity contribution in [1.82, 2.24) is 10.2 Å². The van der Waals surface area contributed by atoms with E-state index in [9.17, 15) is 0 Å². The zero-order valence-electron chi connectivity index (χ0n) is 6.61. The van der Waals surface area contributed by atoms with Gasteiger partial charge in [-0.3, -0.25) is 0 Å². The van der Waals surface area contributed by atoms with E-state index in [-0.39, 0.29) is 6.04 Å². The molecule has 11 heavy (non-hydrogen) atoms. The first-order valence-corrected chi connectivity index (χ1v) is 3.37. The fraction of sp³-hybridized carbons (Fsp3) is 0.429. The van der Waals surface area contributed by atoms with E-state index in [0.29, 0.717) is 5.88 Å². The van der Waals surface area contributed by atoms with Crippen LogP contribution in [0.1, 0.15) is 18.7 Å². The molecule has 0 spiro atoms. The van der Waals surface area contributed by atoms with Crippen LogP contribution in [0.15, 0.2) is 12.1 Å². The fourth-order valence-electron chi connectivity index (χ4n) is 0.682. The van der Waals surface area contributed by atoms with Gasteiger partial charge in [-0.05, 0) is 13.0 Å². The molecule has 0 unspecified atom stereocenters. The van der Waals surface area contributed by atoms with Gasteiger partial charge in [0.05, 0.1) is 12.8 Å². The first-order valence-electron chi connectivity index (χ1n) is 3.37. The molecule has 4 heteroatoms. The molecule has 2 N–H and O–H groups in total. The summed E-state index contributed by atoms with van der Waals surface area (Å²) >= 11 is 0. The van der Waals surface area contributed by atoms with Gasteiger partial charge in [0.25, 0.3) is 0 Å². The van der Waals surface area contributed by atoms with Gasteiger partial charge in [-0.15, -0.1) is 5.10 Å². The van der Waals surface area contributed by atoms with Gasteiger partial charge in [-0.1, -0.05) is 0 Å². The Labute approximate surface area is 65.4 Å². The molecule has 0 saturated heterocycles. The lowest BCUT2D eigenvalue weighted by atomic mass is 10.2. The van der Waals surface area contributed by atoms with Crippen molar-refractivity contribution in [3.8, 4) is 5.88 Å². The lowest BCUT2D eigenvalue weighted by Crippen LogP contribution is -2.08. The molecule has 60 valence electrons. The average Bonchev–Trinajstić information content (AvgIpc) is 2.05. The molecule has 1 aromatic heterocycles. The van der Waals surface area contributed by atoms with Crippen LogP contribution in [0.5, 0.6) is 5.88 Å². The third-order valence-corrected chi connectivity index (χ3v) is 1.34. The number of ether oxygens (including phenoxy) is 1. The predicted molar refractivity (Wildman–Crippen MR) is 41.2 cm³/mol. The van der Waals surface area contributed by atoms with E-state index < -0.39 is 0 Å². The molecular weight excluding hydrogens is 142 g/mol. The normalized spacial score (nSPS) is 12.6. The summed E-state index contributed by atoms with van der Waals surface area (Å²) in [5.41, 5.74) is 6.33. The Morgan fingerprint density at radius 3 is 2.55 bits per heavy atom. The van der Waals surface area contributed by atoms with Crippen molar-refractivity contribution < 1.29 is 4.74 Å². The molecule has 1 aromatic rings.